The van der Waals surface area contributed by atoms with Gasteiger partial charge in [-0.2, -0.15) is 5.10 Å². The lowest BCUT2D eigenvalue weighted by Crippen LogP contribution is -2.23. The molecule has 3 heterocycles. The summed E-state index contributed by atoms with van der Waals surface area (Å²) in [5, 5.41) is 5.62. The first-order valence-electron chi connectivity index (χ1n) is 9.85. The van der Waals surface area contributed by atoms with E-state index in [4.69, 9.17) is 23.2 Å². The van der Waals surface area contributed by atoms with Gasteiger partial charge in [-0.05, 0) is 58.7 Å². The summed E-state index contributed by atoms with van der Waals surface area (Å²) in [6.45, 7) is 1.70. The Morgan fingerprint density at radius 3 is 2.42 bits per heavy atom. The lowest BCUT2D eigenvalue weighted by Gasteiger charge is -2.15. The van der Waals surface area contributed by atoms with Crippen molar-refractivity contribution in [1.82, 2.24) is 19.7 Å². The zero-order valence-electron chi connectivity index (χ0n) is 16.5. The number of fused-ring (bicyclic) bond motifs is 1. The fourth-order valence-corrected chi connectivity index (χ4v) is 4.29. The number of carbonyl (C=O) groups is 1. The maximum absolute atomic E-state index is 12.9. The van der Waals surface area contributed by atoms with Crippen LogP contribution in [0.15, 0.2) is 73.3 Å². The second kappa shape index (κ2) is 8.17. The molecule has 7 heteroatoms. The summed E-state index contributed by atoms with van der Waals surface area (Å²) >= 11 is 12.5. The molecule has 0 unspecified atom stereocenters. The lowest BCUT2D eigenvalue weighted by molar-refractivity contribution is 0.0767. The fourth-order valence-electron chi connectivity index (χ4n) is 3.84. The molecule has 0 spiro atoms. The van der Waals surface area contributed by atoms with Gasteiger partial charge in [0.2, 0.25) is 0 Å². The summed E-state index contributed by atoms with van der Waals surface area (Å²) in [6.07, 6.45) is 7.35. The Balaban J connectivity index is 1.38. The molecule has 154 valence electrons. The molecule has 0 saturated carbocycles. The molecule has 0 N–H and O–H groups in total. The highest BCUT2D eigenvalue weighted by atomic mass is 35.5. The Hall–Kier alpha value is -3.15. The van der Waals surface area contributed by atoms with E-state index in [0.717, 1.165) is 27.8 Å². The molecule has 5 rings (SSSR count). The Labute approximate surface area is 189 Å². The van der Waals surface area contributed by atoms with Crippen LogP contribution < -0.4 is 0 Å². The predicted molar refractivity (Wildman–Crippen MR) is 121 cm³/mol. The number of hydrogen-bond acceptors (Lipinski definition) is 3. The zero-order chi connectivity index (χ0) is 21.4. The molecule has 1 amide bonds. The number of benzene rings is 2. The first-order chi connectivity index (χ1) is 15.1. The van der Waals surface area contributed by atoms with E-state index in [2.05, 4.69) is 10.1 Å². The third kappa shape index (κ3) is 4.07. The van der Waals surface area contributed by atoms with Gasteiger partial charge in [0.25, 0.3) is 5.91 Å². The van der Waals surface area contributed by atoms with Crippen LogP contribution >= 0.6 is 23.2 Å². The summed E-state index contributed by atoms with van der Waals surface area (Å²) in [5.41, 5.74) is 5.58. The molecule has 5 nitrogen and oxygen atoms in total. The van der Waals surface area contributed by atoms with E-state index in [-0.39, 0.29) is 5.91 Å². The maximum atomic E-state index is 12.9. The Morgan fingerprint density at radius 2 is 1.65 bits per heavy atom. The number of hydrogen-bond donors (Lipinski definition) is 0. The van der Waals surface area contributed by atoms with Crippen LogP contribution in [0.25, 0.3) is 11.1 Å². The smallest absolute Gasteiger partial charge is 0.256 e. The van der Waals surface area contributed by atoms with E-state index in [1.165, 1.54) is 0 Å². The first-order valence-corrected chi connectivity index (χ1v) is 10.6. The molecule has 2 aromatic heterocycles. The number of nitrogens with zero attached hydrogens (tertiary/aromatic N) is 4. The van der Waals surface area contributed by atoms with Crippen molar-refractivity contribution in [2.75, 3.05) is 0 Å². The summed E-state index contributed by atoms with van der Waals surface area (Å²) in [5.74, 6) is -0.0464. The lowest BCUT2D eigenvalue weighted by atomic mass is 10.0. The van der Waals surface area contributed by atoms with Crippen molar-refractivity contribution in [3.8, 4) is 11.1 Å². The van der Waals surface area contributed by atoms with Gasteiger partial charge in [0.05, 0.1) is 23.3 Å². The molecule has 31 heavy (non-hydrogen) atoms. The fraction of sp³-hybridized carbons (Fsp3) is 0.125. The van der Waals surface area contributed by atoms with E-state index in [1.807, 2.05) is 65.6 Å². The largest absolute Gasteiger partial charge is 0.330 e. The second-order valence-electron chi connectivity index (χ2n) is 7.56. The van der Waals surface area contributed by atoms with Crippen LogP contribution in [0.4, 0.5) is 0 Å². The van der Waals surface area contributed by atoms with E-state index >= 15 is 0 Å². The van der Waals surface area contributed by atoms with Crippen molar-refractivity contribution in [3.63, 3.8) is 0 Å². The molecule has 0 fully saturated rings. The number of halogens is 2. The van der Waals surface area contributed by atoms with E-state index in [1.54, 1.807) is 17.3 Å². The molecule has 2 aromatic carbocycles. The van der Waals surface area contributed by atoms with E-state index < -0.39 is 0 Å². The average molecular weight is 449 g/mol. The van der Waals surface area contributed by atoms with E-state index in [0.29, 0.717) is 35.2 Å². The van der Waals surface area contributed by atoms with Crippen LogP contribution in [-0.2, 0) is 19.6 Å². The van der Waals surface area contributed by atoms with Gasteiger partial charge in [-0.15, -0.1) is 0 Å². The number of amides is 1. The van der Waals surface area contributed by atoms with Crippen LogP contribution in [0, 0.1) is 0 Å². The molecule has 0 saturated heterocycles. The SMILES string of the molecule is O=C1c2c(Cl)cc(-c3cnn(Cc4ccncc4)c3)cc2CN1Cc1ccc(Cl)cc1. The summed E-state index contributed by atoms with van der Waals surface area (Å²) in [7, 11) is 0. The van der Waals surface area contributed by atoms with Crippen LogP contribution in [0.5, 0.6) is 0 Å². The van der Waals surface area contributed by atoms with Gasteiger partial charge in [-0.3, -0.25) is 14.5 Å². The highest BCUT2D eigenvalue weighted by Crippen LogP contribution is 2.35. The molecule has 0 atom stereocenters. The standard InChI is InChI=1S/C24H18Cl2N4O/c25-21-3-1-16(2-4-21)12-29-14-19-9-18(10-22(26)23(19)24(29)31)20-11-28-30(15-20)13-17-5-7-27-8-6-17/h1-11,15H,12-14H2. The van der Waals surface area contributed by atoms with Crippen molar-refractivity contribution in [3.05, 3.63) is 106 Å². The van der Waals surface area contributed by atoms with Gasteiger partial charge in [-0.1, -0.05) is 35.3 Å². The molecule has 1 aliphatic heterocycles. The molecule has 4 aromatic rings. The van der Waals surface area contributed by atoms with Crippen LogP contribution in [0.2, 0.25) is 10.0 Å². The minimum Gasteiger partial charge on any atom is -0.330 e. The molecule has 0 radical (unpaired) electrons. The Morgan fingerprint density at radius 1 is 0.903 bits per heavy atom. The maximum Gasteiger partial charge on any atom is 0.256 e. The zero-order valence-corrected chi connectivity index (χ0v) is 18.0. The second-order valence-corrected chi connectivity index (χ2v) is 8.41. The normalized spacial score (nSPS) is 13.0. The van der Waals surface area contributed by atoms with Gasteiger partial charge in [-0.25, -0.2) is 0 Å². The monoisotopic (exact) mass is 448 g/mol. The van der Waals surface area contributed by atoms with Crippen molar-refractivity contribution in [1.29, 1.82) is 0 Å². The molecular weight excluding hydrogens is 431 g/mol. The summed E-state index contributed by atoms with van der Waals surface area (Å²) < 4.78 is 1.88. The molecule has 0 aliphatic carbocycles. The van der Waals surface area contributed by atoms with E-state index in [9.17, 15) is 4.79 Å². The minimum absolute atomic E-state index is 0.0464. The number of aromatic nitrogens is 3. The third-order valence-electron chi connectivity index (χ3n) is 5.38. The topological polar surface area (TPSA) is 51.0 Å². The van der Waals surface area contributed by atoms with Crippen molar-refractivity contribution in [2.24, 2.45) is 0 Å². The number of carbonyl (C=O) groups excluding carboxylic acids is 1. The van der Waals surface area contributed by atoms with Gasteiger partial charge >= 0.3 is 0 Å². The Bertz CT molecular complexity index is 1250. The van der Waals surface area contributed by atoms with Crippen molar-refractivity contribution in [2.45, 2.75) is 19.6 Å². The minimum atomic E-state index is -0.0464. The summed E-state index contributed by atoms with van der Waals surface area (Å²) in [6, 6.07) is 15.3. The number of rotatable bonds is 5. The molecular formula is C24H18Cl2N4O. The van der Waals surface area contributed by atoms with Crippen molar-refractivity contribution < 1.29 is 4.79 Å². The van der Waals surface area contributed by atoms with Gasteiger partial charge in [0, 0.05) is 42.3 Å². The quantitative estimate of drug-likeness (QED) is 0.407. The van der Waals surface area contributed by atoms with Crippen molar-refractivity contribution >= 4 is 29.1 Å². The summed E-state index contributed by atoms with van der Waals surface area (Å²) in [4.78, 5) is 18.8. The third-order valence-corrected chi connectivity index (χ3v) is 5.93. The van der Waals surface area contributed by atoms with Gasteiger partial charge < -0.3 is 4.90 Å². The van der Waals surface area contributed by atoms with Crippen LogP contribution in [0.3, 0.4) is 0 Å². The number of pyridine rings is 1. The van der Waals surface area contributed by atoms with Crippen LogP contribution in [-0.4, -0.2) is 25.6 Å². The highest BCUT2D eigenvalue weighted by Gasteiger charge is 2.30. The predicted octanol–water partition coefficient (Wildman–Crippen LogP) is 5.46. The average Bonchev–Trinajstić information content (AvgIpc) is 3.35. The van der Waals surface area contributed by atoms with Crippen LogP contribution in [0.1, 0.15) is 27.0 Å². The highest BCUT2D eigenvalue weighted by molar-refractivity contribution is 6.34. The van der Waals surface area contributed by atoms with Gasteiger partial charge in [0.1, 0.15) is 0 Å². The molecule has 1 aliphatic rings. The molecule has 0 bridgehead atoms. The Kier molecular flexibility index (Phi) is 5.22. The van der Waals surface area contributed by atoms with Gasteiger partial charge in [0.15, 0.2) is 0 Å². The first kappa shape index (κ1) is 19.8.